The Morgan fingerprint density at radius 2 is 2.35 bits per heavy atom. The van der Waals surface area contributed by atoms with Crippen molar-refractivity contribution in [1.29, 1.82) is 0 Å². The average molecular weight is 343 g/mol. The number of rotatable bonds is 5. The zero-order valence-electron chi connectivity index (χ0n) is 12.2. The summed E-state index contributed by atoms with van der Waals surface area (Å²) in [6.45, 7) is 5.89. The van der Waals surface area contributed by atoms with Gasteiger partial charge in [-0.05, 0) is 54.7 Å². The molecule has 6 heteroatoms. The van der Waals surface area contributed by atoms with E-state index in [0.29, 0.717) is 16.9 Å². The molecule has 0 aliphatic carbocycles. The van der Waals surface area contributed by atoms with Crippen molar-refractivity contribution in [3.8, 4) is 0 Å². The topological polar surface area (TPSA) is 50.2 Å². The van der Waals surface area contributed by atoms with Crippen LogP contribution in [0.2, 0.25) is 0 Å². The standard InChI is InChI=1S/C14H23BrN4O/c1-3-6-19-14(20)13(15)12(9-17-19)16-8-11-5-4-7-18(2)10-11/h9,11,16H,3-8,10H2,1-2H3. The fourth-order valence-corrected chi connectivity index (χ4v) is 3.10. The molecule has 0 aromatic carbocycles. The first-order chi connectivity index (χ1) is 9.61. The van der Waals surface area contributed by atoms with E-state index >= 15 is 0 Å². The highest BCUT2D eigenvalue weighted by Crippen LogP contribution is 2.19. The summed E-state index contributed by atoms with van der Waals surface area (Å²) >= 11 is 3.39. The highest BCUT2D eigenvalue weighted by molar-refractivity contribution is 9.10. The van der Waals surface area contributed by atoms with Gasteiger partial charge in [-0.2, -0.15) is 5.10 Å². The normalized spacial score (nSPS) is 20.1. The summed E-state index contributed by atoms with van der Waals surface area (Å²) in [4.78, 5) is 14.5. The molecule has 2 heterocycles. The maximum absolute atomic E-state index is 12.1. The molecule has 1 aromatic rings. The van der Waals surface area contributed by atoms with Crippen LogP contribution in [0.25, 0.3) is 0 Å². The molecule has 0 radical (unpaired) electrons. The monoisotopic (exact) mass is 342 g/mol. The smallest absolute Gasteiger partial charge is 0.283 e. The summed E-state index contributed by atoms with van der Waals surface area (Å²) in [7, 11) is 2.16. The lowest BCUT2D eigenvalue weighted by Crippen LogP contribution is -2.35. The molecule has 1 atom stereocenters. The number of hydrogen-bond donors (Lipinski definition) is 1. The maximum Gasteiger partial charge on any atom is 0.283 e. The quantitative estimate of drug-likeness (QED) is 0.890. The van der Waals surface area contributed by atoms with Crippen molar-refractivity contribution in [2.45, 2.75) is 32.7 Å². The number of anilines is 1. The molecule has 0 amide bonds. The fraction of sp³-hybridized carbons (Fsp3) is 0.714. The second-order valence-electron chi connectivity index (χ2n) is 5.55. The van der Waals surface area contributed by atoms with E-state index in [1.807, 2.05) is 6.92 Å². The van der Waals surface area contributed by atoms with E-state index in [4.69, 9.17) is 0 Å². The number of nitrogens with zero attached hydrogens (tertiary/aromatic N) is 3. The summed E-state index contributed by atoms with van der Waals surface area (Å²) in [5, 5.41) is 7.57. The van der Waals surface area contributed by atoms with Gasteiger partial charge in [-0.1, -0.05) is 6.92 Å². The molecule has 1 fully saturated rings. The number of aryl methyl sites for hydroxylation is 1. The first-order valence-electron chi connectivity index (χ1n) is 7.29. The largest absolute Gasteiger partial charge is 0.382 e. The molecular formula is C14H23BrN4O. The molecule has 5 nitrogen and oxygen atoms in total. The Morgan fingerprint density at radius 1 is 1.55 bits per heavy atom. The van der Waals surface area contributed by atoms with Crippen LogP contribution < -0.4 is 10.9 Å². The summed E-state index contributed by atoms with van der Waals surface area (Å²) < 4.78 is 2.09. The second kappa shape index (κ2) is 7.22. The van der Waals surface area contributed by atoms with E-state index in [2.05, 4.69) is 38.3 Å². The predicted octanol–water partition coefficient (Wildman–Crippen LogP) is 2.17. The number of halogens is 1. The molecule has 1 aromatic heterocycles. The molecule has 1 unspecified atom stereocenters. The zero-order valence-corrected chi connectivity index (χ0v) is 13.8. The van der Waals surface area contributed by atoms with Crippen molar-refractivity contribution < 1.29 is 0 Å². The van der Waals surface area contributed by atoms with E-state index in [1.54, 1.807) is 6.20 Å². The SMILES string of the molecule is CCCn1ncc(NCC2CCCN(C)C2)c(Br)c1=O. The first-order valence-corrected chi connectivity index (χ1v) is 8.09. The number of piperidine rings is 1. The molecule has 20 heavy (non-hydrogen) atoms. The molecular weight excluding hydrogens is 320 g/mol. The molecule has 1 saturated heterocycles. The average Bonchev–Trinajstić information content (AvgIpc) is 2.43. The Kier molecular flexibility index (Phi) is 5.60. The highest BCUT2D eigenvalue weighted by Gasteiger charge is 2.17. The highest BCUT2D eigenvalue weighted by atomic mass is 79.9. The van der Waals surface area contributed by atoms with E-state index in [9.17, 15) is 4.79 Å². The minimum Gasteiger partial charge on any atom is -0.382 e. The van der Waals surface area contributed by atoms with Crippen molar-refractivity contribution in [3.63, 3.8) is 0 Å². The number of likely N-dealkylation sites (tertiary alicyclic amines) is 1. The van der Waals surface area contributed by atoms with Crippen molar-refractivity contribution in [1.82, 2.24) is 14.7 Å². The van der Waals surface area contributed by atoms with Gasteiger partial charge in [0.15, 0.2) is 0 Å². The summed E-state index contributed by atoms with van der Waals surface area (Å²) in [6.07, 6.45) is 5.14. The van der Waals surface area contributed by atoms with Gasteiger partial charge < -0.3 is 10.2 Å². The van der Waals surface area contributed by atoms with Crippen molar-refractivity contribution >= 4 is 21.6 Å². The Bertz CT molecular complexity index is 502. The Balaban J connectivity index is 1.99. The van der Waals surface area contributed by atoms with Gasteiger partial charge in [-0.3, -0.25) is 4.79 Å². The second-order valence-corrected chi connectivity index (χ2v) is 6.34. The van der Waals surface area contributed by atoms with Crippen LogP contribution in [0.5, 0.6) is 0 Å². The first kappa shape index (κ1) is 15.5. The van der Waals surface area contributed by atoms with E-state index in [1.165, 1.54) is 24.1 Å². The third-order valence-corrected chi connectivity index (χ3v) is 4.49. The minimum absolute atomic E-state index is 0.0578. The Morgan fingerprint density at radius 3 is 3.05 bits per heavy atom. The van der Waals surface area contributed by atoms with Crippen LogP contribution >= 0.6 is 15.9 Å². The van der Waals surface area contributed by atoms with Gasteiger partial charge in [-0.15, -0.1) is 0 Å². The molecule has 0 saturated carbocycles. The van der Waals surface area contributed by atoms with Crippen LogP contribution in [-0.2, 0) is 6.54 Å². The lowest BCUT2D eigenvalue weighted by Gasteiger charge is -2.30. The van der Waals surface area contributed by atoms with Gasteiger partial charge in [0.05, 0.1) is 11.9 Å². The number of hydrogen-bond acceptors (Lipinski definition) is 4. The summed E-state index contributed by atoms with van der Waals surface area (Å²) in [6, 6.07) is 0. The van der Waals surface area contributed by atoms with Gasteiger partial charge in [0.25, 0.3) is 5.56 Å². The van der Waals surface area contributed by atoms with E-state index < -0.39 is 0 Å². The zero-order chi connectivity index (χ0) is 14.5. The van der Waals surface area contributed by atoms with Crippen LogP contribution in [0.15, 0.2) is 15.5 Å². The third-order valence-electron chi connectivity index (χ3n) is 3.72. The molecule has 1 N–H and O–H groups in total. The molecule has 2 rings (SSSR count). The van der Waals surface area contributed by atoms with Crippen molar-refractivity contribution in [2.75, 3.05) is 32.0 Å². The number of nitrogens with one attached hydrogen (secondary N) is 1. The molecule has 1 aliphatic rings. The van der Waals surface area contributed by atoms with Crippen LogP contribution in [0.4, 0.5) is 5.69 Å². The lowest BCUT2D eigenvalue weighted by molar-refractivity contribution is 0.217. The fourth-order valence-electron chi connectivity index (χ4n) is 2.65. The van der Waals surface area contributed by atoms with E-state index in [0.717, 1.165) is 25.2 Å². The predicted molar refractivity (Wildman–Crippen MR) is 85.2 cm³/mol. The van der Waals surface area contributed by atoms with E-state index in [-0.39, 0.29) is 5.56 Å². The molecule has 0 spiro atoms. The number of aromatic nitrogens is 2. The molecule has 0 bridgehead atoms. The molecule has 1 aliphatic heterocycles. The van der Waals surface area contributed by atoms with Crippen LogP contribution in [0, 0.1) is 5.92 Å². The van der Waals surface area contributed by atoms with Gasteiger partial charge in [0.2, 0.25) is 0 Å². The van der Waals surface area contributed by atoms with Gasteiger partial charge in [0.1, 0.15) is 4.47 Å². The summed E-state index contributed by atoms with van der Waals surface area (Å²) in [5.74, 6) is 0.638. The van der Waals surface area contributed by atoms with Crippen LogP contribution in [0.3, 0.4) is 0 Å². The lowest BCUT2D eigenvalue weighted by atomic mass is 9.98. The minimum atomic E-state index is -0.0578. The van der Waals surface area contributed by atoms with Gasteiger partial charge in [-0.25, -0.2) is 4.68 Å². The Hall–Kier alpha value is -0.880. The van der Waals surface area contributed by atoms with Crippen LogP contribution in [0.1, 0.15) is 26.2 Å². The van der Waals surface area contributed by atoms with Gasteiger partial charge >= 0.3 is 0 Å². The van der Waals surface area contributed by atoms with Crippen molar-refractivity contribution in [3.05, 3.63) is 21.0 Å². The van der Waals surface area contributed by atoms with Crippen molar-refractivity contribution in [2.24, 2.45) is 5.92 Å². The maximum atomic E-state index is 12.1. The molecule has 112 valence electrons. The van der Waals surface area contributed by atoms with Gasteiger partial charge in [0, 0.05) is 19.6 Å². The summed E-state index contributed by atoms with van der Waals surface area (Å²) in [5.41, 5.74) is 0.744. The van der Waals surface area contributed by atoms with Crippen LogP contribution in [-0.4, -0.2) is 41.4 Å². The third kappa shape index (κ3) is 3.82. The Labute approximate surface area is 128 Å².